The number of hydrogen-bond acceptors (Lipinski definition) is 3. The van der Waals surface area contributed by atoms with Crippen LogP contribution in [0.5, 0.6) is 0 Å². The number of carbonyl (C=O) groups is 3. The normalized spacial score (nSPS) is 12.1. The molecule has 0 aromatic heterocycles. The van der Waals surface area contributed by atoms with E-state index in [0.29, 0.717) is 5.69 Å². The van der Waals surface area contributed by atoms with E-state index in [2.05, 4.69) is 10.6 Å². The molecule has 0 saturated heterocycles. The van der Waals surface area contributed by atoms with Crippen molar-refractivity contribution in [2.75, 3.05) is 5.32 Å². The second-order valence-electron chi connectivity index (χ2n) is 5.99. The maximum Gasteiger partial charge on any atom is 0.416 e. The van der Waals surface area contributed by atoms with Gasteiger partial charge in [-0.2, -0.15) is 13.2 Å². The molecule has 28 heavy (non-hydrogen) atoms. The van der Waals surface area contributed by atoms with Gasteiger partial charge >= 0.3 is 12.1 Å². The number of amides is 2. The van der Waals surface area contributed by atoms with E-state index in [1.807, 2.05) is 0 Å². The fourth-order valence-corrected chi connectivity index (χ4v) is 2.58. The largest absolute Gasteiger partial charge is 0.480 e. The number of halogens is 3. The first-order chi connectivity index (χ1) is 13.1. The molecule has 0 aliphatic carbocycles. The van der Waals surface area contributed by atoms with Gasteiger partial charge in [0.25, 0.3) is 5.91 Å². The predicted octanol–water partition coefficient (Wildman–Crippen LogP) is 3.09. The van der Waals surface area contributed by atoms with E-state index in [9.17, 15) is 32.7 Å². The van der Waals surface area contributed by atoms with E-state index < -0.39 is 36.1 Å². The zero-order valence-electron chi connectivity index (χ0n) is 14.7. The van der Waals surface area contributed by atoms with Gasteiger partial charge in [-0.25, -0.2) is 4.79 Å². The van der Waals surface area contributed by atoms with Crippen LogP contribution >= 0.6 is 0 Å². The van der Waals surface area contributed by atoms with Crippen LogP contribution < -0.4 is 10.6 Å². The summed E-state index contributed by atoms with van der Waals surface area (Å²) in [6.07, 6.45) is -5.18. The molecule has 0 heterocycles. The molecular formula is C19H17F3N2O4. The van der Waals surface area contributed by atoms with Gasteiger partial charge in [-0.1, -0.05) is 24.3 Å². The summed E-state index contributed by atoms with van der Waals surface area (Å²) in [6, 6.07) is 8.76. The number of hydrogen-bond donors (Lipinski definition) is 3. The summed E-state index contributed by atoms with van der Waals surface area (Å²) in [5.41, 5.74) is -0.811. The fourth-order valence-electron chi connectivity index (χ4n) is 2.58. The lowest BCUT2D eigenvalue weighted by molar-refractivity contribution is -0.141. The number of carboxylic acids is 1. The van der Waals surface area contributed by atoms with Crippen molar-refractivity contribution >= 4 is 23.5 Å². The average Bonchev–Trinajstić information content (AvgIpc) is 2.60. The maximum atomic E-state index is 13.1. The Labute approximate surface area is 158 Å². The van der Waals surface area contributed by atoms with Gasteiger partial charge in [-0.3, -0.25) is 9.59 Å². The first kappa shape index (κ1) is 20.9. The quantitative estimate of drug-likeness (QED) is 0.702. The summed E-state index contributed by atoms with van der Waals surface area (Å²) in [5.74, 6) is -2.61. The van der Waals surface area contributed by atoms with Gasteiger partial charge in [0.1, 0.15) is 6.04 Å². The molecule has 0 radical (unpaired) electrons. The lowest BCUT2D eigenvalue weighted by Gasteiger charge is -2.18. The maximum absolute atomic E-state index is 13.1. The fraction of sp³-hybridized carbons (Fsp3) is 0.211. The number of alkyl halides is 3. The Kier molecular flexibility index (Phi) is 6.40. The Morgan fingerprint density at radius 2 is 1.75 bits per heavy atom. The zero-order valence-corrected chi connectivity index (χ0v) is 14.7. The van der Waals surface area contributed by atoms with Gasteiger partial charge in [0.2, 0.25) is 5.91 Å². The molecule has 0 aliphatic heterocycles. The average molecular weight is 394 g/mol. The van der Waals surface area contributed by atoms with Crippen LogP contribution in [0.4, 0.5) is 18.9 Å². The van der Waals surface area contributed by atoms with Crippen molar-refractivity contribution in [1.82, 2.24) is 5.32 Å². The SMILES string of the molecule is CC(=O)Nc1cccc(C(=O)N[C@H](Cc2ccccc2C(F)(F)F)C(=O)O)c1. The highest BCUT2D eigenvalue weighted by atomic mass is 19.4. The van der Waals surface area contributed by atoms with E-state index >= 15 is 0 Å². The van der Waals surface area contributed by atoms with Gasteiger partial charge in [0.15, 0.2) is 0 Å². The van der Waals surface area contributed by atoms with Crippen LogP contribution in [0.3, 0.4) is 0 Å². The molecule has 3 N–H and O–H groups in total. The Bertz CT molecular complexity index is 897. The van der Waals surface area contributed by atoms with E-state index in [1.54, 1.807) is 0 Å². The number of anilines is 1. The summed E-state index contributed by atoms with van der Waals surface area (Å²) < 4.78 is 39.3. The minimum atomic E-state index is -4.64. The van der Waals surface area contributed by atoms with Crippen molar-refractivity contribution in [1.29, 1.82) is 0 Å². The molecule has 1 atom stereocenters. The number of carbonyl (C=O) groups excluding carboxylic acids is 2. The standard InChI is InChI=1S/C19H17F3N2O4/c1-11(25)23-14-7-4-6-13(9-14)17(26)24-16(18(27)28)10-12-5-2-3-8-15(12)19(20,21)22/h2-9,16H,10H2,1H3,(H,23,25)(H,24,26)(H,27,28)/t16-/m1/s1. The molecule has 0 spiro atoms. The number of carboxylic acid groups (broad SMARTS) is 1. The monoisotopic (exact) mass is 394 g/mol. The van der Waals surface area contributed by atoms with Gasteiger partial charge in [0.05, 0.1) is 5.56 Å². The van der Waals surface area contributed by atoms with Gasteiger partial charge in [0, 0.05) is 24.6 Å². The highest BCUT2D eigenvalue weighted by molar-refractivity contribution is 5.98. The first-order valence-corrected chi connectivity index (χ1v) is 8.14. The van der Waals surface area contributed by atoms with Crippen molar-refractivity contribution in [3.63, 3.8) is 0 Å². The van der Waals surface area contributed by atoms with E-state index in [1.165, 1.54) is 49.4 Å². The molecule has 148 valence electrons. The van der Waals surface area contributed by atoms with Gasteiger partial charge in [-0.05, 0) is 29.8 Å². The van der Waals surface area contributed by atoms with Crippen LogP contribution in [0, 0.1) is 0 Å². The molecule has 2 aromatic rings. The molecule has 0 bridgehead atoms. The number of aliphatic carboxylic acids is 1. The number of rotatable bonds is 6. The number of benzene rings is 2. The Hall–Kier alpha value is -3.36. The molecule has 2 aromatic carbocycles. The first-order valence-electron chi connectivity index (χ1n) is 8.14. The third-order valence-electron chi connectivity index (χ3n) is 3.80. The minimum absolute atomic E-state index is 0.0570. The Morgan fingerprint density at radius 1 is 1.07 bits per heavy atom. The Morgan fingerprint density at radius 3 is 2.36 bits per heavy atom. The topological polar surface area (TPSA) is 95.5 Å². The second kappa shape index (κ2) is 8.55. The van der Waals surface area contributed by atoms with Crippen molar-refractivity contribution in [3.8, 4) is 0 Å². The van der Waals surface area contributed by atoms with Gasteiger partial charge < -0.3 is 15.7 Å². The zero-order chi connectivity index (χ0) is 20.9. The molecule has 6 nitrogen and oxygen atoms in total. The smallest absolute Gasteiger partial charge is 0.416 e. The highest BCUT2D eigenvalue weighted by Crippen LogP contribution is 2.32. The number of nitrogens with one attached hydrogen (secondary N) is 2. The molecule has 0 fully saturated rings. The second-order valence-corrected chi connectivity index (χ2v) is 5.99. The molecule has 9 heteroatoms. The van der Waals surface area contributed by atoms with E-state index in [0.717, 1.165) is 6.07 Å². The highest BCUT2D eigenvalue weighted by Gasteiger charge is 2.34. The van der Waals surface area contributed by atoms with Crippen LogP contribution in [0.25, 0.3) is 0 Å². The molecule has 0 unspecified atom stereocenters. The molecule has 2 amide bonds. The van der Waals surface area contributed by atoms with Gasteiger partial charge in [-0.15, -0.1) is 0 Å². The van der Waals surface area contributed by atoms with Crippen LogP contribution in [0.1, 0.15) is 28.4 Å². The summed E-state index contributed by atoms with van der Waals surface area (Å²) in [4.78, 5) is 34.9. The summed E-state index contributed by atoms with van der Waals surface area (Å²) in [5, 5.41) is 14.0. The van der Waals surface area contributed by atoms with Crippen LogP contribution in [0.15, 0.2) is 48.5 Å². The van der Waals surface area contributed by atoms with E-state index in [4.69, 9.17) is 0 Å². The minimum Gasteiger partial charge on any atom is -0.480 e. The molecular weight excluding hydrogens is 377 g/mol. The molecule has 2 rings (SSSR count). The molecule has 0 aliphatic rings. The van der Waals surface area contributed by atoms with Crippen molar-refractivity contribution < 1.29 is 32.7 Å². The van der Waals surface area contributed by atoms with Crippen LogP contribution in [-0.2, 0) is 22.2 Å². The van der Waals surface area contributed by atoms with Crippen molar-refractivity contribution in [2.24, 2.45) is 0 Å². The van der Waals surface area contributed by atoms with E-state index in [-0.39, 0.29) is 17.0 Å². The molecule has 0 saturated carbocycles. The lowest BCUT2D eigenvalue weighted by atomic mass is 9.99. The lowest BCUT2D eigenvalue weighted by Crippen LogP contribution is -2.42. The third-order valence-corrected chi connectivity index (χ3v) is 3.80. The summed E-state index contributed by atoms with van der Waals surface area (Å²) in [7, 11) is 0. The summed E-state index contributed by atoms with van der Waals surface area (Å²) in [6.45, 7) is 1.28. The van der Waals surface area contributed by atoms with Crippen LogP contribution in [0.2, 0.25) is 0 Å². The van der Waals surface area contributed by atoms with Crippen molar-refractivity contribution in [3.05, 3.63) is 65.2 Å². The third kappa shape index (κ3) is 5.57. The summed E-state index contributed by atoms with van der Waals surface area (Å²) >= 11 is 0. The van der Waals surface area contributed by atoms with Crippen LogP contribution in [-0.4, -0.2) is 28.9 Å². The van der Waals surface area contributed by atoms with Crippen molar-refractivity contribution in [2.45, 2.75) is 25.6 Å². The Balaban J connectivity index is 2.22. The predicted molar refractivity (Wildman–Crippen MR) is 94.8 cm³/mol.